The molecule has 4 heterocycles. The lowest BCUT2D eigenvalue weighted by Gasteiger charge is -2.60. The fraction of sp³-hybridized carbons (Fsp3) is 0.360. The number of anilines is 2. The van der Waals surface area contributed by atoms with Gasteiger partial charge in [-0.15, -0.1) is 10.2 Å². The number of aromatic nitrogens is 3. The van der Waals surface area contributed by atoms with Crippen LogP contribution in [0.15, 0.2) is 48.7 Å². The summed E-state index contributed by atoms with van der Waals surface area (Å²) in [6, 6.07) is 10.5. The number of likely N-dealkylation sites (tertiary alicyclic amines) is 1. The Hall–Kier alpha value is -3.96. The molecule has 2 aliphatic rings. The lowest BCUT2D eigenvalue weighted by atomic mass is 9.72. The smallest absolute Gasteiger partial charge is 0.433 e. The largest absolute Gasteiger partial charge is 0.472 e. The van der Waals surface area contributed by atoms with E-state index in [1.54, 1.807) is 30.0 Å². The number of carbonyl (C=O) groups is 1. The van der Waals surface area contributed by atoms with Gasteiger partial charge in [-0.1, -0.05) is 12.1 Å². The van der Waals surface area contributed by atoms with E-state index in [-0.39, 0.29) is 29.6 Å². The molecule has 0 saturated carbocycles. The van der Waals surface area contributed by atoms with Gasteiger partial charge in [0.2, 0.25) is 11.8 Å². The van der Waals surface area contributed by atoms with Crippen molar-refractivity contribution in [3.63, 3.8) is 0 Å². The van der Waals surface area contributed by atoms with E-state index in [0.29, 0.717) is 23.6 Å². The summed E-state index contributed by atoms with van der Waals surface area (Å²) < 4.78 is 58.0. The van der Waals surface area contributed by atoms with Crippen LogP contribution >= 0.6 is 0 Å². The van der Waals surface area contributed by atoms with Crippen LogP contribution in [0, 0.1) is 11.2 Å². The third-order valence-electron chi connectivity index (χ3n) is 6.52. The highest BCUT2D eigenvalue weighted by atomic mass is 19.4. The first-order valence-electron chi connectivity index (χ1n) is 11.6. The molecule has 8 nitrogen and oxygen atoms in total. The Kier molecular flexibility index (Phi) is 6.34. The van der Waals surface area contributed by atoms with Crippen molar-refractivity contribution in [1.29, 1.82) is 0 Å². The number of ether oxygens (including phenoxy) is 1. The Morgan fingerprint density at radius 1 is 1.05 bits per heavy atom. The van der Waals surface area contributed by atoms with Crippen LogP contribution in [-0.2, 0) is 24.1 Å². The predicted octanol–water partition coefficient (Wildman–Crippen LogP) is 3.89. The maximum absolute atomic E-state index is 14.7. The van der Waals surface area contributed by atoms with Crippen LogP contribution in [0.4, 0.5) is 29.1 Å². The summed E-state index contributed by atoms with van der Waals surface area (Å²) in [4.78, 5) is 18.6. The van der Waals surface area contributed by atoms with Crippen molar-refractivity contribution in [2.45, 2.75) is 26.3 Å². The zero-order valence-corrected chi connectivity index (χ0v) is 19.9. The zero-order valence-electron chi connectivity index (χ0n) is 19.9. The summed E-state index contributed by atoms with van der Waals surface area (Å²) in [6.07, 6.45) is -3.39. The minimum atomic E-state index is -4.49. The van der Waals surface area contributed by atoms with Gasteiger partial charge in [0.05, 0.1) is 5.69 Å². The van der Waals surface area contributed by atoms with Crippen LogP contribution in [0.2, 0.25) is 0 Å². The summed E-state index contributed by atoms with van der Waals surface area (Å²) in [5, 5.41) is 11.0. The lowest BCUT2D eigenvalue weighted by Crippen LogP contribution is -2.73. The first-order valence-corrected chi connectivity index (χ1v) is 11.6. The molecule has 12 heteroatoms. The third kappa shape index (κ3) is 5.42. The Labute approximate surface area is 210 Å². The van der Waals surface area contributed by atoms with Gasteiger partial charge in [0.1, 0.15) is 23.9 Å². The summed E-state index contributed by atoms with van der Waals surface area (Å²) >= 11 is 0. The quantitative estimate of drug-likeness (QED) is 0.477. The standard InChI is InChI=1S/C25H24F4N6O2/c1-16(36)34-12-24(13-34)14-35(15-24)20-4-2-17(8-19(20)26)9-31-22-6-7-23(33-32-22)37-11-18-3-5-21(30-10-18)25(27,28)29/h2-8,10H,9,11-15H2,1H3,(H,31,32). The Balaban J connectivity index is 1.08. The fourth-order valence-electron chi connectivity index (χ4n) is 4.56. The number of hydrogen-bond donors (Lipinski definition) is 1. The number of hydrogen-bond acceptors (Lipinski definition) is 7. The number of rotatable bonds is 7. The minimum absolute atomic E-state index is 0.00859. The van der Waals surface area contributed by atoms with E-state index in [9.17, 15) is 22.4 Å². The van der Waals surface area contributed by atoms with Gasteiger partial charge in [-0.2, -0.15) is 13.2 Å². The maximum Gasteiger partial charge on any atom is 0.433 e. The molecular formula is C25H24F4N6O2. The highest BCUT2D eigenvalue weighted by Crippen LogP contribution is 2.42. The SMILES string of the molecule is CC(=O)N1CC2(C1)CN(c1ccc(CNc3ccc(OCc4ccc(C(F)(F)F)nc4)nn3)cc1F)C2. The number of amides is 1. The monoisotopic (exact) mass is 516 g/mol. The van der Waals surface area contributed by atoms with Gasteiger partial charge in [-0.25, -0.2) is 4.39 Å². The van der Waals surface area contributed by atoms with Crippen LogP contribution in [0.3, 0.4) is 0 Å². The lowest BCUT2D eigenvalue weighted by molar-refractivity contribution is -0.142. The van der Waals surface area contributed by atoms with Crippen molar-refractivity contribution in [3.05, 3.63) is 71.3 Å². The predicted molar refractivity (Wildman–Crippen MR) is 126 cm³/mol. The topological polar surface area (TPSA) is 83.5 Å². The molecule has 1 N–H and O–H groups in total. The van der Waals surface area contributed by atoms with Crippen LogP contribution in [-0.4, -0.2) is 52.2 Å². The third-order valence-corrected chi connectivity index (χ3v) is 6.52. The number of benzene rings is 1. The number of pyridine rings is 1. The molecular weight excluding hydrogens is 492 g/mol. The van der Waals surface area contributed by atoms with Crippen LogP contribution in [0.1, 0.15) is 23.7 Å². The Morgan fingerprint density at radius 3 is 2.41 bits per heavy atom. The van der Waals surface area contributed by atoms with E-state index in [1.807, 2.05) is 11.0 Å². The first-order chi connectivity index (χ1) is 17.6. The highest BCUT2D eigenvalue weighted by molar-refractivity contribution is 5.74. The molecule has 0 radical (unpaired) electrons. The van der Waals surface area contributed by atoms with Crippen molar-refractivity contribution in [3.8, 4) is 5.88 Å². The first kappa shape index (κ1) is 24.7. The average molecular weight is 516 g/mol. The summed E-state index contributed by atoms with van der Waals surface area (Å²) in [6.45, 7) is 4.84. The van der Waals surface area contributed by atoms with Gasteiger partial charge in [0, 0.05) is 62.9 Å². The number of carbonyl (C=O) groups excluding carboxylic acids is 1. The van der Waals surface area contributed by atoms with Crippen molar-refractivity contribution in [1.82, 2.24) is 20.1 Å². The maximum atomic E-state index is 14.7. The molecule has 0 atom stereocenters. The highest BCUT2D eigenvalue weighted by Gasteiger charge is 2.52. The van der Waals surface area contributed by atoms with Crippen LogP contribution in [0.25, 0.3) is 0 Å². The van der Waals surface area contributed by atoms with Crippen LogP contribution in [0.5, 0.6) is 5.88 Å². The van der Waals surface area contributed by atoms with Gasteiger partial charge in [0.25, 0.3) is 0 Å². The van der Waals surface area contributed by atoms with E-state index < -0.39 is 11.9 Å². The second kappa shape index (κ2) is 9.49. The molecule has 37 heavy (non-hydrogen) atoms. The van der Waals surface area contributed by atoms with Crippen molar-refractivity contribution in [2.24, 2.45) is 5.41 Å². The fourth-order valence-corrected chi connectivity index (χ4v) is 4.56. The summed E-state index contributed by atoms with van der Waals surface area (Å²) in [7, 11) is 0. The second-order valence-corrected chi connectivity index (χ2v) is 9.47. The molecule has 0 bridgehead atoms. The van der Waals surface area contributed by atoms with E-state index in [0.717, 1.165) is 44.0 Å². The molecule has 1 amide bonds. The second-order valence-electron chi connectivity index (χ2n) is 9.47. The van der Waals surface area contributed by atoms with Gasteiger partial charge in [-0.05, 0) is 29.8 Å². The molecule has 2 aliphatic heterocycles. The normalized spacial score (nSPS) is 16.2. The molecule has 1 spiro atoms. The van der Waals surface area contributed by atoms with Crippen molar-refractivity contribution < 1.29 is 27.1 Å². The van der Waals surface area contributed by atoms with Crippen molar-refractivity contribution in [2.75, 3.05) is 36.4 Å². The average Bonchev–Trinajstić information content (AvgIpc) is 2.81. The Bertz CT molecular complexity index is 1270. The number of halogens is 4. The van der Waals surface area contributed by atoms with E-state index >= 15 is 0 Å². The number of alkyl halides is 3. The molecule has 5 rings (SSSR count). The van der Waals surface area contributed by atoms with E-state index in [4.69, 9.17) is 4.74 Å². The van der Waals surface area contributed by atoms with Gasteiger partial charge >= 0.3 is 6.18 Å². The molecule has 1 aromatic carbocycles. The summed E-state index contributed by atoms with van der Waals surface area (Å²) in [5.41, 5.74) is 0.883. The zero-order chi connectivity index (χ0) is 26.2. The molecule has 2 fully saturated rings. The van der Waals surface area contributed by atoms with Crippen molar-refractivity contribution >= 4 is 17.4 Å². The molecule has 0 aliphatic carbocycles. The molecule has 3 aromatic rings. The number of nitrogens with zero attached hydrogens (tertiary/aromatic N) is 5. The number of nitrogens with one attached hydrogen (secondary N) is 1. The molecule has 194 valence electrons. The van der Waals surface area contributed by atoms with Gasteiger partial charge in [0.15, 0.2) is 0 Å². The molecule has 0 unspecified atom stereocenters. The minimum Gasteiger partial charge on any atom is -0.472 e. The molecule has 2 saturated heterocycles. The van der Waals surface area contributed by atoms with Gasteiger partial charge in [-0.3, -0.25) is 9.78 Å². The van der Waals surface area contributed by atoms with E-state index in [1.165, 1.54) is 12.1 Å². The summed E-state index contributed by atoms with van der Waals surface area (Å²) in [5.74, 6) is 0.433. The van der Waals surface area contributed by atoms with Crippen LogP contribution < -0.4 is 15.0 Å². The molecule has 2 aromatic heterocycles. The van der Waals surface area contributed by atoms with E-state index in [2.05, 4.69) is 20.5 Å². The van der Waals surface area contributed by atoms with Gasteiger partial charge < -0.3 is 19.9 Å². The Morgan fingerprint density at radius 2 is 1.81 bits per heavy atom.